The molecule has 2 N–H and O–H groups in total. The smallest absolute Gasteiger partial charge is 0.270 e. The van der Waals surface area contributed by atoms with Crippen LogP contribution in [0.2, 0.25) is 10.0 Å². The van der Waals surface area contributed by atoms with Gasteiger partial charge in [-0.1, -0.05) is 29.3 Å². The van der Waals surface area contributed by atoms with E-state index in [1.165, 1.54) is 18.3 Å². The lowest BCUT2D eigenvalue weighted by molar-refractivity contribution is 0.0953. The summed E-state index contributed by atoms with van der Waals surface area (Å²) in [7, 11) is 0. The fraction of sp³-hybridized carbons (Fsp3) is 0.0625. The normalized spacial score (nSPS) is 10.0. The van der Waals surface area contributed by atoms with E-state index in [-0.39, 0.29) is 17.2 Å². The maximum atomic E-state index is 12.3. The number of halogens is 2. The van der Waals surface area contributed by atoms with Crippen LogP contribution in [0.3, 0.4) is 0 Å². The third-order valence-corrected chi connectivity index (χ3v) is 3.40. The van der Waals surface area contributed by atoms with E-state index in [4.69, 9.17) is 23.2 Å². The zero-order valence-corrected chi connectivity index (χ0v) is 13.5. The Kier molecular flexibility index (Phi) is 5.73. The van der Waals surface area contributed by atoms with Gasteiger partial charge in [0.25, 0.3) is 11.8 Å². The highest BCUT2D eigenvalue weighted by Crippen LogP contribution is 2.25. The molecular formula is C16H13Cl2N3O2. The average molecular weight is 350 g/mol. The third kappa shape index (κ3) is 4.55. The molecule has 1 heterocycles. The number of amides is 2. The van der Waals surface area contributed by atoms with Gasteiger partial charge in [-0.2, -0.15) is 0 Å². The summed E-state index contributed by atoms with van der Waals surface area (Å²) in [4.78, 5) is 28.1. The van der Waals surface area contributed by atoms with Crippen LogP contribution in [-0.2, 0) is 0 Å². The van der Waals surface area contributed by atoms with Crippen molar-refractivity contribution in [3.63, 3.8) is 0 Å². The number of rotatable bonds is 5. The molecule has 0 fully saturated rings. The molecule has 2 aromatic rings. The standard InChI is InChI=1S/C16H13Cl2N3O2/c1-2-6-20-16(23)14-8-10(5-7-19-14)15(22)21-13-9-11(17)3-4-12(13)18/h2-5,7-9H,1,6H2,(H,20,23)(H,21,22). The number of nitrogens with one attached hydrogen (secondary N) is 2. The second-order valence-corrected chi connectivity index (χ2v) is 5.35. The Hall–Kier alpha value is -2.37. The van der Waals surface area contributed by atoms with E-state index in [1.54, 1.807) is 24.3 Å². The summed E-state index contributed by atoms with van der Waals surface area (Å²) < 4.78 is 0. The van der Waals surface area contributed by atoms with E-state index >= 15 is 0 Å². The fourth-order valence-corrected chi connectivity index (χ4v) is 2.08. The minimum Gasteiger partial charge on any atom is -0.347 e. The van der Waals surface area contributed by atoms with E-state index in [2.05, 4.69) is 22.2 Å². The lowest BCUT2D eigenvalue weighted by atomic mass is 10.2. The van der Waals surface area contributed by atoms with E-state index in [0.29, 0.717) is 22.3 Å². The summed E-state index contributed by atoms with van der Waals surface area (Å²) >= 11 is 11.9. The van der Waals surface area contributed by atoms with Crippen LogP contribution >= 0.6 is 23.2 Å². The molecule has 2 amide bonds. The first kappa shape index (κ1) is 17.0. The van der Waals surface area contributed by atoms with Crippen LogP contribution in [0, 0.1) is 0 Å². The Morgan fingerprint density at radius 2 is 1.96 bits per heavy atom. The van der Waals surface area contributed by atoms with Gasteiger partial charge in [0.15, 0.2) is 0 Å². The van der Waals surface area contributed by atoms with E-state index in [1.807, 2.05) is 0 Å². The molecule has 1 aromatic heterocycles. The first-order valence-electron chi connectivity index (χ1n) is 6.63. The number of aromatic nitrogens is 1. The van der Waals surface area contributed by atoms with Crippen molar-refractivity contribution in [3.05, 3.63) is 70.5 Å². The van der Waals surface area contributed by atoms with Gasteiger partial charge in [0.1, 0.15) is 5.69 Å². The first-order chi connectivity index (χ1) is 11.0. The highest BCUT2D eigenvalue weighted by atomic mass is 35.5. The maximum Gasteiger partial charge on any atom is 0.270 e. The summed E-state index contributed by atoms with van der Waals surface area (Å²) in [6.45, 7) is 3.83. The lowest BCUT2D eigenvalue weighted by Crippen LogP contribution is -2.24. The molecule has 0 spiro atoms. The van der Waals surface area contributed by atoms with Crippen molar-refractivity contribution in [1.29, 1.82) is 0 Å². The zero-order valence-electron chi connectivity index (χ0n) is 12.0. The van der Waals surface area contributed by atoms with Crippen molar-refractivity contribution in [2.24, 2.45) is 0 Å². The Bertz CT molecular complexity index is 763. The number of pyridine rings is 1. The van der Waals surface area contributed by atoms with E-state index in [0.717, 1.165) is 0 Å². The average Bonchev–Trinajstić information content (AvgIpc) is 2.56. The molecule has 5 nitrogen and oxygen atoms in total. The molecule has 0 saturated carbocycles. The van der Waals surface area contributed by atoms with Gasteiger partial charge >= 0.3 is 0 Å². The fourth-order valence-electron chi connectivity index (χ4n) is 1.74. The number of hydrogen-bond acceptors (Lipinski definition) is 3. The zero-order chi connectivity index (χ0) is 16.8. The molecule has 2 rings (SSSR count). The quantitative estimate of drug-likeness (QED) is 0.810. The van der Waals surface area contributed by atoms with Crippen molar-refractivity contribution in [1.82, 2.24) is 10.3 Å². The van der Waals surface area contributed by atoms with Crippen LogP contribution in [-0.4, -0.2) is 23.3 Å². The highest BCUT2D eigenvalue weighted by Gasteiger charge is 2.13. The van der Waals surface area contributed by atoms with Crippen molar-refractivity contribution in [3.8, 4) is 0 Å². The molecule has 7 heteroatoms. The molecular weight excluding hydrogens is 337 g/mol. The minimum atomic E-state index is -0.422. The van der Waals surface area contributed by atoms with Gasteiger partial charge in [-0.25, -0.2) is 0 Å². The Morgan fingerprint density at radius 1 is 1.17 bits per heavy atom. The van der Waals surface area contributed by atoms with Crippen molar-refractivity contribution in [2.45, 2.75) is 0 Å². The Morgan fingerprint density at radius 3 is 2.70 bits per heavy atom. The van der Waals surface area contributed by atoms with Gasteiger partial charge in [-0.3, -0.25) is 14.6 Å². The number of carbonyl (C=O) groups is 2. The van der Waals surface area contributed by atoms with Gasteiger partial charge < -0.3 is 10.6 Å². The second kappa shape index (κ2) is 7.76. The largest absolute Gasteiger partial charge is 0.347 e. The van der Waals surface area contributed by atoms with Crippen LogP contribution in [0.25, 0.3) is 0 Å². The van der Waals surface area contributed by atoms with Gasteiger partial charge in [0.05, 0.1) is 10.7 Å². The maximum absolute atomic E-state index is 12.3. The summed E-state index contributed by atoms with van der Waals surface area (Å²) in [6, 6.07) is 7.64. The number of nitrogens with zero attached hydrogens (tertiary/aromatic N) is 1. The molecule has 0 aliphatic carbocycles. The second-order valence-electron chi connectivity index (χ2n) is 4.51. The monoisotopic (exact) mass is 349 g/mol. The molecule has 0 radical (unpaired) electrons. The third-order valence-electron chi connectivity index (χ3n) is 2.84. The summed E-state index contributed by atoms with van der Waals surface area (Å²) in [5.74, 6) is -0.810. The van der Waals surface area contributed by atoms with Crippen molar-refractivity contribution in [2.75, 3.05) is 11.9 Å². The van der Waals surface area contributed by atoms with Crippen molar-refractivity contribution < 1.29 is 9.59 Å². The number of hydrogen-bond donors (Lipinski definition) is 2. The molecule has 0 saturated heterocycles. The summed E-state index contributed by atoms with van der Waals surface area (Å²) in [5, 5.41) is 6.05. The van der Waals surface area contributed by atoms with Crippen LogP contribution in [0.15, 0.2) is 49.2 Å². The first-order valence-corrected chi connectivity index (χ1v) is 7.38. The predicted octanol–water partition coefficient (Wildman–Crippen LogP) is 3.56. The van der Waals surface area contributed by atoms with Gasteiger partial charge in [-0.05, 0) is 30.3 Å². The van der Waals surface area contributed by atoms with Gasteiger partial charge in [0.2, 0.25) is 0 Å². The highest BCUT2D eigenvalue weighted by molar-refractivity contribution is 6.35. The van der Waals surface area contributed by atoms with Crippen LogP contribution in [0.5, 0.6) is 0 Å². The Balaban J connectivity index is 2.18. The topological polar surface area (TPSA) is 71.1 Å². The van der Waals surface area contributed by atoms with E-state index in [9.17, 15) is 9.59 Å². The van der Waals surface area contributed by atoms with Crippen molar-refractivity contribution >= 4 is 40.7 Å². The summed E-state index contributed by atoms with van der Waals surface area (Å²) in [5.41, 5.74) is 0.801. The minimum absolute atomic E-state index is 0.136. The molecule has 0 aliphatic heterocycles. The number of anilines is 1. The summed E-state index contributed by atoms with van der Waals surface area (Å²) in [6.07, 6.45) is 2.94. The predicted molar refractivity (Wildman–Crippen MR) is 91.2 cm³/mol. The van der Waals surface area contributed by atoms with Gasteiger partial charge in [-0.15, -0.1) is 6.58 Å². The molecule has 118 valence electrons. The molecule has 23 heavy (non-hydrogen) atoms. The molecule has 0 atom stereocenters. The number of benzene rings is 1. The van der Waals surface area contributed by atoms with Crippen LogP contribution in [0.4, 0.5) is 5.69 Å². The van der Waals surface area contributed by atoms with Crippen LogP contribution in [0.1, 0.15) is 20.8 Å². The van der Waals surface area contributed by atoms with E-state index < -0.39 is 5.91 Å². The molecule has 1 aromatic carbocycles. The van der Waals surface area contributed by atoms with Gasteiger partial charge in [0, 0.05) is 23.3 Å². The molecule has 0 unspecified atom stereocenters. The lowest BCUT2D eigenvalue weighted by Gasteiger charge is -2.08. The number of carbonyl (C=O) groups excluding carboxylic acids is 2. The SMILES string of the molecule is C=CCNC(=O)c1cc(C(=O)Nc2cc(Cl)ccc2Cl)ccn1. The molecule has 0 bridgehead atoms. The Labute approximate surface area is 143 Å². The van der Waals surface area contributed by atoms with Crippen LogP contribution < -0.4 is 10.6 Å². The molecule has 0 aliphatic rings.